The molecule has 0 fully saturated rings. The van der Waals surface area contributed by atoms with Crippen molar-refractivity contribution in [2.24, 2.45) is 7.05 Å². The molecule has 7 heteroatoms. The summed E-state index contributed by atoms with van der Waals surface area (Å²) >= 11 is 6.20. The number of fused-ring (bicyclic) bond motifs is 1. The monoisotopic (exact) mass is 424 g/mol. The summed E-state index contributed by atoms with van der Waals surface area (Å²) in [6, 6.07) is 9.41. The van der Waals surface area contributed by atoms with Gasteiger partial charge in [-0.15, -0.1) is 0 Å². The van der Waals surface area contributed by atoms with Crippen LogP contribution in [-0.2, 0) is 13.5 Å². The number of carbonyl (C=O) groups excluding carboxylic acids is 1. The van der Waals surface area contributed by atoms with Gasteiger partial charge in [0.25, 0.3) is 5.91 Å². The Hall–Kier alpha value is -2.86. The second-order valence-electron chi connectivity index (χ2n) is 7.85. The molecule has 1 aromatic carbocycles. The van der Waals surface area contributed by atoms with Gasteiger partial charge in [0.1, 0.15) is 5.75 Å². The molecule has 2 aromatic heterocycles. The molecule has 0 aliphatic carbocycles. The summed E-state index contributed by atoms with van der Waals surface area (Å²) < 4.78 is 7.58. The Bertz CT molecular complexity index is 1090. The lowest BCUT2D eigenvalue weighted by Gasteiger charge is -2.33. The van der Waals surface area contributed by atoms with E-state index in [-0.39, 0.29) is 18.1 Å². The van der Waals surface area contributed by atoms with Crippen molar-refractivity contribution in [3.63, 3.8) is 0 Å². The maximum Gasteiger partial charge on any atom is 0.256 e. The van der Waals surface area contributed by atoms with Gasteiger partial charge in [0.2, 0.25) is 0 Å². The van der Waals surface area contributed by atoms with Gasteiger partial charge in [0.15, 0.2) is 0 Å². The first-order valence-corrected chi connectivity index (χ1v) is 10.5. The van der Waals surface area contributed by atoms with Crippen LogP contribution in [0, 0.1) is 0 Å². The fourth-order valence-corrected chi connectivity index (χ4v) is 4.25. The number of carbonyl (C=O) groups is 1. The number of benzene rings is 1. The number of rotatable bonds is 4. The lowest BCUT2D eigenvalue weighted by atomic mass is 9.95. The molecule has 4 rings (SSSR count). The highest BCUT2D eigenvalue weighted by atomic mass is 35.5. The highest BCUT2D eigenvalue weighted by Crippen LogP contribution is 2.36. The van der Waals surface area contributed by atoms with E-state index in [1.165, 1.54) is 5.56 Å². The number of aromatic nitrogens is 3. The molecule has 0 saturated heterocycles. The molecule has 1 aliphatic rings. The zero-order chi connectivity index (χ0) is 21.4. The number of amides is 1. The number of ether oxygens (including phenoxy) is 1. The average molecular weight is 425 g/mol. The normalized spacial score (nSPS) is 15.9. The Balaban J connectivity index is 1.64. The van der Waals surface area contributed by atoms with Crippen molar-refractivity contribution in [1.29, 1.82) is 0 Å². The molecule has 1 amide bonds. The Morgan fingerprint density at radius 2 is 2.07 bits per heavy atom. The van der Waals surface area contributed by atoms with Crippen molar-refractivity contribution < 1.29 is 9.53 Å². The number of nitrogens with zero attached hydrogens (tertiary/aromatic N) is 4. The van der Waals surface area contributed by atoms with Gasteiger partial charge in [0.05, 0.1) is 35.3 Å². The van der Waals surface area contributed by atoms with E-state index in [1.807, 2.05) is 61.7 Å². The van der Waals surface area contributed by atoms with Crippen LogP contribution in [0.4, 0.5) is 0 Å². The summed E-state index contributed by atoms with van der Waals surface area (Å²) in [5, 5.41) is 5.45. The van der Waals surface area contributed by atoms with Crippen LogP contribution < -0.4 is 4.74 Å². The third-order valence-electron chi connectivity index (χ3n) is 5.33. The van der Waals surface area contributed by atoms with E-state index in [1.54, 1.807) is 18.5 Å². The minimum Gasteiger partial charge on any atom is -0.489 e. The Morgan fingerprint density at radius 1 is 1.27 bits per heavy atom. The molecule has 0 bridgehead atoms. The highest BCUT2D eigenvalue weighted by Gasteiger charge is 2.33. The van der Waals surface area contributed by atoms with Gasteiger partial charge >= 0.3 is 0 Å². The van der Waals surface area contributed by atoms with Crippen LogP contribution in [-0.4, -0.2) is 38.2 Å². The molecular weight excluding hydrogens is 400 g/mol. The Morgan fingerprint density at radius 3 is 2.80 bits per heavy atom. The summed E-state index contributed by atoms with van der Waals surface area (Å²) in [6.45, 7) is 6.52. The average Bonchev–Trinajstić information content (AvgIpc) is 3.04. The van der Waals surface area contributed by atoms with Crippen molar-refractivity contribution >= 4 is 17.5 Å². The molecule has 156 valence electrons. The van der Waals surface area contributed by atoms with E-state index in [0.717, 1.165) is 23.4 Å². The SMILES string of the molecule is CC(C)Oc1cncc(C(=O)N2CCc3c(nn(C)c3-c3cccc(Cl)c3)C2C)c1. The molecule has 0 spiro atoms. The van der Waals surface area contributed by atoms with Gasteiger partial charge < -0.3 is 9.64 Å². The lowest BCUT2D eigenvalue weighted by Crippen LogP contribution is -2.39. The van der Waals surface area contributed by atoms with E-state index < -0.39 is 0 Å². The largest absolute Gasteiger partial charge is 0.489 e. The Labute approximate surface area is 181 Å². The summed E-state index contributed by atoms with van der Waals surface area (Å²) in [7, 11) is 1.93. The second-order valence-corrected chi connectivity index (χ2v) is 8.28. The number of halogens is 1. The summed E-state index contributed by atoms with van der Waals surface area (Å²) in [5.74, 6) is 0.534. The molecule has 1 atom stereocenters. The van der Waals surface area contributed by atoms with Crippen LogP contribution in [0.1, 0.15) is 48.4 Å². The molecule has 3 heterocycles. The number of aryl methyl sites for hydroxylation is 1. The van der Waals surface area contributed by atoms with E-state index in [9.17, 15) is 4.79 Å². The first-order chi connectivity index (χ1) is 14.3. The molecule has 6 nitrogen and oxygen atoms in total. The first kappa shape index (κ1) is 20.4. The number of hydrogen-bond acceptors (Lipinski definition) is 4. The van der Waals surface area contributed by atoms with Gasteiger partial charge in [-0.25, -0.2) is 0 Å². The van der Waals surface area contributed by atoms with Gasteiger partial charge in [-0.2, -0.15) is 5.10 Å². The van der Waals surface area contributed by atoms with Crippen LogP contribution in [0.3, 0.4) is 0 Å². The lowest BCUT2D eigenvalue weighted by molar-refractivity contribution is 0.0672. The summed E-state index contributed by atoms with van der Waals surface area (Å²) in [4.78, 5) is 19.3. The van der Waals surface area contributed by atoms with E-state index >= 15 is 0 Å². The molecule has 1 aliphatic heterocycles. The first-order valence-electron chi connectivity index (χ1n) is 10.1. The third kappa shape index (κ3) is 3.79. The summed E-state index contributed by atoms with van der Waals surface area (Å²) in [5.41, 5.74) is 4.71. The van der Waals surface area contributed by atoms with Gasteiger partial charge in [-0.1, -0.05) is 23.7 Å². The predicted octanol–water partition coefficient (Wildman–Crippen LogP) is 4.68. The third-order valence-corrected chi connectivity index (χ3v) is 5.57. The van der Waals surface area contributed by atoms with Crippen LogP contribution in [0.25, 0.3) is 11.3 Å². The quantitative estimate of drug-likeness (QED) is 0.610. The Kier molecular flexibility index (Phi) is 5.52. The van der Waals surface area contributed by atoms with E-state index in [0.29, 0.717) is 22.9 Å². The van der Waals surface area contributed by atoms with E-state index in [4.69, 9.17) is 21.4 Å². The van der Waals surface area contributed by atoms with Crippen molar-refractivity contribution in [3.05, 3.63) is 64.6 Å². The molecule has 0 radical (unpaired) electrons. The minimum atomic E-state index is -0.143. The minimum absolute atomic E-state index is 0.0204. The van der Waals surface area contributed by atoms with Crippen LogP contribution in [0.15, 0.2) is 42.7 Å². The van der Waals surface area contributed by atoms with Crippen molar-refractivity contribution in [2.45, 2.75) is 39.3 Å². The van der Waals surface area contributed by atoms with Crippen LogP contribution in [0.2, 0.25) is 5.02 Å². The van der Waals surface area contributed by atoms with Gasteiger partial charge in [-0.3, -0.25) is 14.5 Å². The second kappa shape index (κ2) is 8.11. The summed E-state index contributed by atoms with van der Waals surface area (Å²) in [6.07, 6.45) is 3.97. The van der Waals surface area contributed by atoms with Gasteiger partial charge in [0, 0.05) is 35.9 Å². The standard InChI is InChI=1S/C23H25ClN4O2/c1-14(2)30-19-11-17(12-25-13-19)23(29)28-9-8-20-21(15(28)3)26-27(4)22(20)16-6-5-7-18(24)10-16/h5-7,10-15H,8-9H2,1-4H3. The predicted molar refractivity (Wildman–Crippen MR) is 117 cm³/mol. The van der Waals surface area contributed by atoms with Crippen molar-refractivity contribution in [2.75, 3.05) is 6.54 Å². The fraction of sp³-hybridized carbons (Fsp3) is 0.348. The molecule has 1 unspecified atom stereocenters. The van der Waals surface area contributed by atoms with Crippen molar-refractivity contribution in [1.82, 2.24) is 19.7 Å². The highest BCUT2D eigenvalue weighted by molar-refractivity contribution is 6.30. The molecule has 0 N–H and O–H groups in total. The van der Waals surface area contributed by atoms with Crippen LogP contribution >= 0.6 is 11.6 Å². The maximum atomic E-state index is 13.2. The number of hydrogen-bond donors (Lipinski definition) is 0. The topological polar surface area (TPSA) is 60.2 Å². The molecule has 30 heavy (non-hydrogen) atoms. The molecule has 0 saturated carbocycles. The zero-order valence-corrected chi connectivity index (χ0v) is 18.3. The molecular formula is C23H25ClN4O2. The fourth-order valence-electron chi connectivity index (χ4n) is 4.06. The maximum absolute atomic E-state index is 13.2. The smallest absolute Gasteiger partial charge is 0.256 e. The van der Waals surface area contributed by atoms with Gasteiger partial charge in [-0.05, 0) is 45.4 Å². The van der Waals surface area contributed by atoms with Crippen molar-refractivity contribution in [3.8, 4) is 17.0 Å². The number of pyridine rings is 1. The van der Waals surface area contributed by atoms with E-state index in [2.05, 4.69) is 4.98 Å². The molecule has 3 aromatic rings. The van der Waals surface area contributed by atoms with Crippen LogP contribution in [0.5, 0.6) is 5.75 Å². The zero-order valence-electron chi connectivity index (χ0n) is 17.6.